The van der Waals surface area contributed by atoms with Crippen LogP contribution in [0.2, 0.25) is 0 Å². The van der Waals surface area contributed by atoms with Gasteiger partial charge < -0.3 is 9.42 Å². The zero-order chi connectivity index (χ0) is 16.7. The highest BCUT2D eigenvalue weighted by molar-refractivity contribution is 7.13. The summed E-state index contributed by atoms with van der Waals surface area (Å²) in [5.41, 5.74) is 3.21. The second kappa shape index (κ2) is 5.87. The van der Waals surface area contributed by atoms with Crippen LogP contribution in [0, 0.1) is 13.8 Å². The summed E-state index contributed by atoms with van der Waals surface area (Å²) in [4.78, 5) is 19.9. The molecule has 1 atom stereocenters. The van der Waals surface area contributed by atoms with E-state index in [2.05, 4.69) is 10.1 Å². The molecule has 1 amide bonds. The number of para-hydroxylation sites is 1. The number of carbonyl (C=O) groups excluding carboxylic acids is 1. The molecule has 0 spiro atoms. The Kier molecular flexibility index (Phi) is 3.69. The molecule has 1 aliphatic heterocycles. The first-order chi connectivity index (χ1) is 11.6. The molecule has 0 radical (unpaired) electrons. The van der Waals surface area contributed by atoms with Gasteiger partial charge in [-0.15, -0.1) is 11.3 Å². The number of hydrogen-bond donors (Lipinski definition) is 0. The van der Waals surface area contributed by atoms with Gasteiger partial charge in [-0.1, -0.05) is 29.4 Å². The molecular weight excluding hydrogens is 322 g/mol. The van der Waals surface area contributed by atoms with Crippen molar-refractivity contribution >= 4 is 22.9 Å². The summed E-state index contributed by atoms with van der Waals surface area (Å²) < 4.78 is 5.43. The summed E-state index contributed by atoms with van der Waals surface area (Å²) in [5, 5.41) is 6.03. The number of rotatable bonds is 3. The maximum absolute atomic E-state index is 12.5. The number of hydrogen-bond acceptors (Lipinski definition) is 5. The molecule has 1 unspecified atom stereocenters. The second-order valence-corrected chi connectivity index (χ2v) is 7.03. The van der Waals surface area contributed by atoms with Gasteiger partial charge in [0, 0.05) is 18.7 Å². The predicted octanol–water partition coefficient (Wildman–Crippen LogP) is 3.94. The van der Waals surface area contributed by atoms with Crippen molar-refractivity contribution in [1.29, 1.82) is 0 Å². The zero-order valence-corrected chi connectivity index (χ0v) is 14.3. The monoisotopic (exact) mass is 339 g/mol. The van der Waals surface area contributed by atoms with E-state index in [9.17, 15) is 4.79 Å². The van der Waals surface area contributed by atoms with Crippen LogP contribution >= 0.6 is 11.3 Å². The number of aromatic nitrogens is 2. The third-order valence-electron chi connectivity index (χ3n) is 4.37. The van der Waals surface area contributed by atoms with Crippen molar-refractivity contribution in [2.75, 3.05) is 11.4 Å². The van der Waals surface area contributed by atoms with E-state index in [0.29, 0.717) is 24.7 Å². The normalized spacial score (nSPS) is 17.7. The van der Waals surface area contributed by atoms with E-state index >= 15 is 0 Å². The van der Waals surface area contributed by atoms with E-state index in [1.54, 1.807) is 11.3 Å². The summed E-state index contributed by atoms with van der Waals surface area (Å²) >= 11 is 1.57. The molecule has 2 aromatic heterocycles. The number of amides is 1. The summed E-state index contributed by atoms with van der Waals surface area (Å²) in [6.07, 6.45) is 0.403. The molecule has 0 bridgehead atoms. The van der Waals surface area contributed by atoms with Gasteiger partial charge in [0.2, 0.25) is 17.6 Å². The van der Waals surface area contributed by atoms with Gasteiger partial charge in [-0.2, -0.15) is 4.98 Å². The highest BCUT2D eigenvalue weighted by Crippen LogP contribution is 2.35. The fourth-order valence-electron chi connectivity index (χ4n) is 3.23. The van der Waals surface area contributed by atoms with Crippen LogP contribution in [-0.4, -0.2) is 22.6 Å². The predicted molar refractivity (Wildman–Crippen MR) is 93.2 cm³/mol. The molecule has 122 valence electrons. The molecule has 1 aliphatic rings. The van der Waals surface area contributed by atoms with Gasteiger partial charge in [0.1, 0.15) is 0 Å². The maximum Gasteiger partial charge on any atom is 0.232 e. The Hall–Kier alpha value is -2.47. The standard InChI is InChI=1S/C18H17N3O2S/c1-11-5-3-6-12(2)16(11)21-10-13(9-15(21)22)18-19-17(20-23-18)14-7-4-8-24-14/h3-8,13H,9-10H2,1-2H3. The average molecular weight is 339 g/mol. The van der Waals surface area contributed by atoms with Crippen molar-refractivity contribution in [1.82, 2.24) is 10.1 Å². The molecule has 4 rings (SSSR count). The molecule has 1 saturated heterocycles. The van der Waals surface area contributed by atoms with Crippen LogP contribution in [0.15, 0.2) is 40.2 Å². The van der Waals surface area contributed by atoms with Gasteiger partial charge in [-0.05, 0) is 36.4 Å². The Morgan fingerprint density at radius 2 is 2.00 bits per heavy atom. The first-order valence-corrected chi connectivity index (χ1v) is 8.75. The van der Waals surface area contributed by atoms with Gasteiger partial charge >= 0.3 is 0 Å². The van der Waals surface area contributed by atoms with Crippen LogP contribution in [-0.2, 0) is 4.79 Å². The Morgan fingerprint density at radius 3 is 2.71 bits per heavy atom. The summed E-state index contributed by atoms with van der Waals surface area (Å²) in [6.45, 7) is 4.64. The van der Waals surface area contributed by atoms with Crippen LogP contribution in [0.5, 0.6) is 0 Å². The first kappa shape index (κ1) is 15.1. The van der Waals surface area contributed by atoms with E-state index in [-0.39, 0.29) is 11.8 Å². The Labute approximate surface area is 143 Å². The number of nitrogens with zero attached hydrogens (tertiary/aromatic N) is 3. The average Bonchev–Trinajstić information content (AvgIpc) is 3.26. The molecule has 0 aliphatic carbocycles. The van der Waals surface area contributed by atoms with Crippen molar-refractivity contribution in [2.24, 2.45) is 0 Å². The van der Waals surface area contributed by atoms with E-state index < -0.39 is 0 Å². The molecule has 1 aromatic carbocycles. The molecule has 24 heavy (non-hydrogen) atoms. The third-order valence-corrected chi connectivity index (χ3v) is 5.23. The lowest BCUT2D eigenvalue weighted by Gasteiger charge is -2.21. The minimum atomic E-state index is -0.0577. The van der Waals surface area contributed by atoms with Gasteiger partial charge in [-0.3, -0.25) is 4.79 Å². The van der Waals surface area contributed by atoms with Crippen LogP contribution < -0.4 is 4.90 Å². The molecule has 3 heterocycles. The summed E-state index contributed by atoms with van der Waals surface area (Å²) in [5.74, 6) is 1.18. The molecule has 5 nitrogen and oxygen atoms in total. The number of aryl methyl sites for hydroxylation is 2. The SMILES string of the molecule is Cc1cccc(C)c1N1CC(c2nc(-c3cccs3)no2)CC1=O. The number of thiophene rings is 1. The highest BCUT2D eigenvalue weighted by atomic mass is 32.1. The van der Waals surface area contributed by atoms with Crippen LogP contribution in [0.4, 0.5) is 5.69 Å². The zero-order valence-electron chi connectivity index (χ0n) is 13.5. The van der Waals surface area contributed by atoms with Crippen LogP contribution in [0.25, 0.3) is 10.7 Å². The van der Waals surface area contributed by atoms with E-state index in [1.807, 2.05) is 54.5 Å². The molecule has 0 N–H and O–H groups in total. The highest BCUT2D eigenvalue weighted by Gasteiger charge is 2.36. The Balaban J connectivity index is 1.61. The van der Waals surface area contributed by atoms with Gasteiger partial charge in [0.15, 0.2) is 0 Å². The Morgan fingerprint density at radius 1 is 1.21 bits per heavy atom. The fraction of sp³-hybridized carbons (Fsp3) is 0.278. The van der Waals surface area contributed by atoms with Crippen molar-refractivity contribution in [3.8, 4) is 10.7 Å². The van der Waals surface area contributed by atoms with Gasteiger partial charge in [0.05, 0.1) is 10.8 Å². The van der Waals surface area contributed by atoms with E-state index in [1.165, 1.54) is 0 Å². The number of anilines is 1. The lowest BCUT2D eigenvalue weighted by Crippen LogP contribution is -2.26. The van der Waals surface area contributed by atoms with Crippen molar-refractivity contribution in [2.45, 2.75) is 26.2 Å². The summed E-state index contributed by atoms with van der Waals surface area (Å²) in [6, 6.07) is 9.99. The van der Waals surface area contributed by atoms with E-state index in [4.69, 9.17) is 4.52 Å². The topological polar surface area (TPSA) is 59.2 Å². The first-order valence-electron chi connectivity index (χ1n) is 7.87. The van der Waals surface area contributed by atoms with Gasteiger partial charge in [-0.25, -0.2) is 0 Å². The molecule has 3 aromatic rings. The lowest BCUT2D eigenvalue weighted by atomic mass is 10.1. The van der Waals surface area contributed by atoms with E-state index in [0.717, 1.165) is 21.7 Å². The largest absolute Gasteiger partial charge is 0.339 e. The second-order valence-electron chi connectivity index (χ2n) is 6.08. The molecule has 1 fully saturated rings. The molecular formula is C18H17N3O2S. The quantitative estimate of drug-likeness (QED) is 0.725. The minimum absolute atomic E-state index is 0.0577. The maximum atomic E-state index is 12.5. The summed E-state index contributed by atoms with van der Waals surface area (Å²) in [7, 11) is 0. The molecule has 6 heteroatoms. The van der Waals surface area contributed by atoms with Crippen LogP contribution in [0.1, 0.15) is 29.4 Å². The number of carbonyl (C=O) groups is 1. The van der Waals surface area contributed by atoms with Crippen molar-refractivity contribution in [3.05, 3.63) is 52.7 Å². The molecule has 0 saturated carbocycles. The van der Waals surface area contributed by atoms with Crippen molar-refractivity contribution in [3.63, 3.8) is 0 Å². The Bertz CT molecular complexity index is 865. The third kappa shape index (κ3) is 2.53. The lowest BCUT2D eigenvalue weighted by molar-refractivity contribution is -0.117. The number of benzene rings is 1. The van der Waals surface area contributed by atoms with Crippen LogP contribution in [0.3, 0.4) is 0 Å². The minimum Gasteiger partial charge on any atom is -0.339 e. The van der Waals surface area contributed by atoms with Crippen molar-refractivity contribution < 1.29 is 9.32 Å². The van der Waals surface area contributed by atoms with Gasteiger partial charge in [0.25, 0.3) is 0 Å². The fourth-order valence-corrected chi connectivity index (χ4v) is 3.88. The smallest absolute Gasteiger partial charge is 0.232 e.